The maximum Gasteiger partial charge on any atom is 0.336 e. The van der Waals surface area contributed by atoms with Crippen LogP contribution in [0.5, 0.6) is 0 Å². The second-order valence-corrected chi connectivity index (χ2v) is 6.80. The van der Waals surface area contributed by atoms with Crippen LogP contribution < -0.4 is 5.32 Å². The molecule has 1 aliphatic heterocycles. The van der Waals surface area contributed by atoms with Crippen molar-refractivity contribution in [3.63, 3.8) is 0 Å². The predicted molar refractivity (Wildman–Crippen MR) is 99.7 cm³/mol. The largest absolute Gasteiger partial charge is 0.478 e. The highest BCUT2D eigenvalue weighted by Gasteiger charge is 2.42. The Bertz CT molecular complexity index is 838. The summed E-state index contributed by atoms with van der Waals surface area (Å²) in [6.45, 7) is 4.79. The van der Waals surface area contributed by atoms with Crippen LogP contribution in [0.1, 0.15) is 39.9 Å². The van der Waals surface area contributed by atoms with Gasteiger partial charge in [0.25, 0.3) is 0 Å². The number of benzene rings is 2. The average molecular weight is 353 g/mol. The molecule has 26 heavy (non-hydrogen) atoms. The fraction of sp³-hybridized carbons (Fsp3) is 0.333. The molecule has 1 saturated heterocycles. The molecule has 0 aromatic heterocycles. The highest BCUT2D eigenvalue weighted by molar-refractivity contribution is 6.00. The molecule has 1 amide bonds. The first kappa shape index (κ1) is 18.1. The highest BCUT2D eigenvalue weighted by atomic mass is 16.5. The summed E-state index contributed by atoms with van der Waals surface area (Å²) < 4.78 is 5.50. The van der Waals surface area contributed by atoms with E-state index in [1.807, 2.05) is 31.2 Å². The Morgan fingerprint density at radius 2 is 1.73 bits per heavy atom. The Morgan fingerprint density at radius 3 is 2.38 bits per heavy atom. The van der Waals surface area contributed by atoms with Crippen LogP contribution in [0.2, 0.25) is 0 Å². The van der Waals surface area contributed by atoms with Gasteiger partial charge in [-0.05, 0) is 55.5 Å². The van der Waals surface area contributed by atoms with Gasteiger partial charge in [-0.1, -0.05) is 30.3 Å². The van der Waals surface area contributed by atoms with Crippen LogP contribution in [-0.2, 0) is 14.9 Å². The molecule has 0 unspecified atom stereocenters. The van der Waals surface area contributed by atoms with Gasteiger partial charge in [-0.15, -0.1) is 0 Å². The van der Waals surface area contributed by atoms with Gasteiger partial charge < -0.3 is 15.2 Å². The molecule has 1 fully saturated rings. The lowest BCUT2D eigenvalue weighted by atomic mass is 9.71. The minimum atomic E-state index is -1.00. The number of ether oxygens (including phenoxy) is 1. The minimum Gasteiger partial charge on any atom is -0.478 e. The summed E-state index contributed by atoms with van der Waals surface area (Å²) in [5.41, 5.74) is 2.76. The molecule has 3 rings (SSSR count). The number of hydrogen-bond acceptors (Lipinski definition) is 3. The van der Waals surface area contributed by atoms with Gasteiger partial charge in [0.15, 0.2) is 0 Å². The number of rotatable bonds is 4. The van der Waals surface area contributed by atoms with E-state index >= 15 is 0 Å². The maximum absolute atomic E-state index is 13.3. The molecule has 2 aromatic rings. The monoisotopic (exact) mass is 353 g/mol. The number of aryl methyl sites for hydroxylation is 2. The van der Waals surface area contributed by atoms with Crippen LogP contribution in [0.3, 0.4) is 0 Å². The molecular formula is C21H23NO4. The molecule has 0 bridgehead atoms. The van der Waals surface area contributed by atoms with Gasteiger partial charge in [0, 0.05) is 18.9 Å². The molecule has 5 nitrogen and oxygen atoms in total. The van der Waals surface area contributed by atoms with E-state index in [4.69, 9.17) is 4.74 Å². The summed E-state index contributed by atoms with van der Waals surface area (Å²) in [4.78, 5) is 24.7. The standard InChI is InChI=1S/C21H23NO4/c1-14-7-8-16(13-17(14)19(23)24)22-20(25)21(9-11-26-12-10-21)18-6-4-3-5-15(18)2/h3-8,13H,9-12H2,1-2H3,(H,22,25)(H,23,24). The first-order chi connectivity index (χ1) is 12.4. The second-order valence-electron chi connectivity index (χ2n) is 6.80. The smallest absolute Gasteiger partial charge is 0.336 e. The van der Waals surface area contributed by atoms with Gasteiger partial charge in [0.05, 0.1) is 11.0 Å². The van der Waals surface area contributed by atoms with Crippen LogP contribution >= 0.6 is 0 Å². The highest BCUT2D eigenvalue weighted by Crippen LogP contribution is 2.38. The number of nitrogens with one attached hydrogen (secondary N) is 1. The Morgan fingerprint density at radius 1 is 1.04 bits per heavy atom. The van der Waals surface area contributed by atoms with Gasteiger partial charge in [-0.2, -0.15) is 0 Å². The maximum atomic E-state index is 13.3. The predicted octanol–water partition coefficient (Wildman–Crippen LogP) is 3.69. The Hall–Kier alpha value is -2.66. The minimum absolute atomic E-state index is 0.115. The second kappa shape index (κ2) is 7.30. The molecular weight excluding hydrogens is 330 g/mol. The van der Waals surface area contributed by atoms with Gasteiger partial charge in [0.1, 0.15) is 0 Å². The number of amides is 1. The van der Waals surface area contributed by atoms with Crippen LogP contribution in [0.4, 0.5) is 5.69 Å². The molecule has 0 saturated carbocycles. The molecule has 1 aliphatic rings. The Kier molecular flexibility index (Phi) is 5.09. The summed E-state index contributed by atoms with van der Waals surface area (Å²) in [7, 11) is 0. The van der Waals surface area contributed by atoms with E-state index in [0.29, 0.717) is 37.3 Å². The van der Waals surface area contributed by atoms with E-state index < -0.39 is 11.4 Å². The molecule has 1 heterocycles. The zero-order valence-electron chi connectivity index (χ0n) is 15.0. The summed E-state index contributed by atoms with van der Waals surface area (Å²) in [6, 6.07) is 12.9. The Labute approximate surface area is 153 Å². The molecule has 0 aliphatic carbocycles. The van der Waals surface area contributed by atoms with Crippen molar-refractivity contribution in [2.24, 2.45) is 0 Å². The van der Waals surface area contributed by atoms with Crippen molar-refractivity contribution in [3.8, 4) is 0 Å². The van der Waals surface area contributed by atoms with Crippen molar-refractivity contribution in [1.29, 1.82) is 0 Å². The molecule has 0 radical (unpaired) electrons. The SMILES string of the molecule is Cc1ccc(NC(=O)C2(c3ccccc3C)CCOCC2)cc1C(=O)O. The van der Waals surface area contributed by atoms with E-state index in [0.717, 1.165) is 11.1 Å². The van der Waals surface area contributed by atoms with Crippen molar-refractivity contribution in [3.05, 3.63) is 64.7 Å². The van der Waals surface area contributed by atoms with Crippen LogP contribution in [0, 0.1) is 13.8 Å². The third-order valence-electron chi connectivity index (χ3n) is 5.17. The number of hydrogen-bond donors (Lipinski definition) is 2. The van der Waals surface area contributed by atoms with E-state index in [1.54, 1.807) is 19.1 Å². The third kappa shape index (κ3) is 3.35. The number of anilines is 1. The number of carbonyl (C=O) groups is 2. The van der Waals surface area contributed by atoms with Gasteiger partial charge >= 0.3 is 5.97 Å². The van der Waals surface area contributed by atoms with Crippen LogP contribution in [-0.4, -0.2) is 30.2 Å². The molecule has 136 valence electrons. The molecule has 5 heteroatoms. The number of carboxylic acid groups (broad SMARTS) is 1. The van der Waals surface area contributed by atoms with Crippen LogP contribution in [0.15, 0.2) is 42.5 Å². The van der Waals surface area contributed by atoms with Crippen molar-refractivity contribution < 1.29 is 19.4 Å². The summed E-state index contributed by atoms with van der Waals surface area (Å²) >= 11 is 0. The lowest BCUT2D eigenvalue weighted by Crippen LogP contribution is -2.45. The van der Waals surface area contributed by atoms with Gasteiger partial charge in [-0.3, -0.25) is 4.79 Å². The summed E-state index contributed by atoms with van der Waals surface area (Å²) in [6.07, 6.45) is 1.20. The average Bonchev–Trinajstić information content (AvgIpc) is 2.64. The lowest BCUT2D eigenvalue weighted by molar-refractivity contribution is -0.125. The van der Waals surface area contributed by atoms with Crippen LogP contribution in [0.25, 0.3) is 0 Å². The molecule has 0 spiro atoms. The first-order valence-corrected chi connectivity index (χ1v) is 8.73. The van der Waals surface area contributed by atoms with Crippen molar-refractivity contribution in [1.82, 2.24) is 0 Å². The molecule has 0 atom stereocenters. The first-order valence-electron chi connectivity index (χ1n) is 8.73. The van der Waals surface area contributed by atoms with E-state index in [-0.39, 0.29) is 11.5 Å². The van der Waals surface area contributed by atoms with Crippen molar-refractivity contribution >= 4 is 17.6 Å². The normalized spacial score (nSPS) is 16.1. The lowest BCUT2D eigenvalue weighted by Gasteiger charge is -2.37. The molecule has 2 N–H and O–H groups in total. The topological polar surface area (TPSA) is 75.6 Å². The zero-order valence-corrected chi connectivity index (χ0v) is 15.0. The van der Waals surface area contributed by atoms with Gasteiger partial charge in [-0.25, -0.2) is 4.79 Å². The fourth-order valence-corrected chi connectivity index (χ4v) is 3.63. The number of carboxylic acids is 1. The quantitative estimate of drug-likeness (QED) is 0.879. The van der Waals surface area contributed by atoms with Crippen molar-refractivity contribution in [2.75, 3.05) is 18.5 Å². The van der Waals surface area contributed by atoms with E-state index in [2.05, 4.69) is 5.32 Å². The van der Waals surface area contributed by atoms with E-state index in [9.17, 15) is 14.7 Å². The summed E-state index contributed by atoms with van der Waals surface area (Å²) in [5, 5.41) is 12.3. The van der Waals surface area contributed by atoms with Gasteiger partial charge in [0.2, 0.25) is 5.91 Å². The molecule has 2 aromatic carbocycles. The Balaban J connectivity index is 1.96. The number of carbonyl (C=O) groups excluding carboxylic acids is 1. The zero-order chi connectivity index (χ0) is 18.7. The number of aromatic carboxylic acids is 1. The van der Waals surface area contributed by atoms with E-state index in [1.165, 1.54) is 6.07 Å². The van der Waals surface area contributed by atoms with Crippen molar-refractivity contribution in [2.45, 2.75) is 32.1 Å². The fourth-order valence-electron chi connectivity index (χ4n) is 3.63. The third-order valence-corrected chi connectivity index (χ3v) is 5.17. The summed E-state index contributed by atoms with van der Waals surface area (Å²) in [5.74, 6) is -1.12.